The second-order valence-electron chi connectivity index (χ2n) is 5.05. The Kier molecular flexibility index (Phi) is 1.60. The predicted molar refractivity (Wildman–Crippen MR) is 69.8 cm³/mol. The molecule has 2 fully saturated rings. The lowest BCUT2D eigenvalue weighted by Crippen LogP contribution is -2.24. The molecule has 2 heterocycles. The first-order valence-corrected chi connectivity index (χ1v) is 8.45. The number of hydrogen-bond acceptors (Lipinski definition) is 3. The summed E-state index contributed by atoms with van der Waals surface area (Å²) in [5.41, 5.74) is 5.69. The average Bonchev–Trinajstić information content (AvgIpc) is 3.24. The van der Waals surface area contributed by atoms with E-state index in [4.69, 9.17) is 9.47 Å². The number of halogens is 1. The topological polar surface area (TPSA) is 25.1 Å². The van der Waals surface area contributed by atoms with Gasteiger partial charge in [-0.25, -0.2) is 0 Å². The molecule has 0 amide bonds. The third-order valence-corrected chi connectivity index (χ3v) is 6.56. The van der Waals surface area contributed by atoms with Crippen molar-refractivity contribution in [2.75, 3.05) is 0 Å². The van der Waals surface area contributed by atoms with Crippen molar-refractivity contribution in [1.82, 2.24) is 0 Å². The van der Waals surface area contributed by atoms with Gasteiger partial charge in [-0.05, 0) is 53.7 Å². The number of epoxide rings is 2. The van der Waals surface area contributed by atoms with E-state index in [2.05, 4.69) is 39.1 Å². The van der Waals surface area contributed by atoms with Gasteiger partial charge < -0.3 is 9.47 Å². The monoisotopic (exact) mass is 308 g/mol. The molecule has 2 nitrogen and oxygen atoms in total. The maximum atomic E-state index is 5.95. The van der Waals surface area contributed by atoms with Gasteiger partial charge in [-0.2, -0.15) is 0 Å². The Morgan fingerprint density at radius 1 is 1.35 bits per heavy atom. The quantitative estimate of drug-likeness (QED) is 0.746. The molecule has 4 aliphatic rings. The van der Waals surface area contributed by atoms with Crippen LogP contribution in [0.5, 0.6) is 0 Å². The summed E-state index contributed by atoms with van der Waals surface area (Å²) in [6, 6.07) is 8.66. The summed E-state index contributed by atoms with van der Waals surface area (Å²) in [6.07, 6.45) is 1.83. The van der Waals surface area contributed by atoms with Gasteiger partial charge in [-0.15, -0.1) is 0 Å². The molecule has 86 valence electrons. The van der Waals surface area contributed by atoms with E-state index in [1.54, 1.807) is 10.2 Å². The van der Waals surface area contributed by atoms with Gasteiger partial charge in [0.2, 0.25) is 0 Å². The summed E-state index contributed by atoms with van der Waals surface area (Å²) in [6.45, 7) is 0. The zero-order valence-electron chi connectivity index (χ0n) is 8.85. The molecule has 17 heavy (non-hydrogen) atoms. The van der Waals surface area contributed by atoms with E-state index in [0.717, 1.165) is 6.42 Å². The lowest BCUT2D eigenvalue weighted by molar-refractivity contribution is 0.296. The van der Waals surface area contributed by atoms with Crippen molar-refractivity contribution in [2.45, 2.75) is 29.7 Å². The predicted octanol–water partition coefficient (Wildman–Crippen LogP) is 2.92. The van der Waals surface area contributed by atoms with Crippen LogP contribution in [0.1, 0.15) is 11.1 Å². The van der Waals surface area contributed by atoms with Crippen molar-refractivity contribution < 1.29 is 9.47 Å². The second kappa shape index (κ2) is 2.82. The molecule has 0 radical (unpaired) electrons. The first-order valence-electron chi connectivity index (χ1n) is 5.79. The molecule has 0 spiro atoms. The average molecular weight is 309 g/mol. The first-order chi connectivity index (χ1) is 8.35. The van der Waals surface area contributed by atoms with Crippen molar-refractivity contribution in [1.29, 1.82) is 0 Å². The molecule has 0 aromatic heterocycles. The molecular weight excluding hydrogens is 300 g/mol. The molecule has 1 aromatic carbocycles. The van der Waals surface area contributed by atoms with Crippen LogP contribution in [-0.2, 0) is 15.9 Å². The minimum absolute atomic E-state index is 0.120. The molecule has 5 rings (SSSR count). The van der Waals surface area contributed by atoms with Crippen LogP contribution >= 0.6 is 25.0 Å². The van der Waals surface area contributed by atoms with Crippen LogP contribution in [0.2, 0.25) is 0 Å². The Morgan fingerprint density at radius 2 is 2.24 bits per heavy atom. The maximum absolute atomic E-state index is 5.95. The van der Waals surface area contributed by atoms with Crippen LogP contribution in [0.3, 0.4) is 0 Å². The highest BCUT2D eigenvalue weighted by Crippen LogP contribution is 2.68. The van der Waals surface area contributed by atoms with Crippen molar-refractivity contribution in [3.8, 4) is 0 Å². The minimum Gasteiger partial charge on any atom is -0.360 e. The van der Waals surface area contributed by atoms with E-state index < -0.39 is 0 Å². The highest BCUT2D eigenvalue weighted by molar-refractivity contribution is 9.50. The van der Waals surface area contributed by atoms with Crippen LogP contribution in [0.4, 0.5) is 0 Å². The Labute approximate surface area is 111 Å². The summed E-state index contributed by atoms with van der Waals surface area (Å²) < 4.78 is 11.8. The van der Waals surface area contributed by atoms with Crippen LogP contribution in [0.25, 0.3) is 5.57 Å². The third kappa shape index (κ3) is 0.987. The second-order valence-corrected chi connectivity index (χ2v) is 6.81. The summed E-state index contributed by atoms with van der Waals surface area (Å²) in [5.74, 6) is 0. The van der Waals surface area contributed by atoms with E-state index in [9.17, 15) is 0 Å². The van der Waals surface area contributed by atoms with Gasteiger partial charge in [0.15, 0.2) is 4.93 Å². The molecule has 2 aliphatic heterocycles. The van der Waals surface area contributed by atoms with Gasteiger partial charge in [0.25, 0.3) is 0 Å². The van der Waals surface area contributed by atoms with E-state index in [0.29, 0.717) is 0 Å². The fourth-order valence-corrected chi connectivity index (χ4v) is 5.31. The van der Waals surface area contributed by atoms with E-state index in [-0.39, 0.29) is 23.2 Å². The summed E-state index contributed by atoms with van der Waals surface area (Å²) in [7, 11) is 1.63. The Bertz CT molecular complexity index is 585. The zero-order valence-corrected chi connectivity index (χ0v) is 11.3. The molecule has 4 unspecified atom stereocenters. The lowest BCUT2D eigenvalue weighted by atomic mass is 9.91. The van der Waals surface area contributed by atoms with E-state index >= 15 is 0 Å². The van der Waals surface area contributed by atoms with Gasteiger partial charge in [0.05, 0.1) is 0 Å². The molecule has 0 N–H and O–H groups in total. The molecule has 1 aromatic rings. The van der Waals surface area contributed by atoms with Crippen molar-refractivity contribution >= 4 is 30.6 Å². The molecule has 4 heteroatoms. The lowest BCUT2D eigenvalue weighted by Gasteiger charge is -2.12. The largest absolute Gasteiger partial charge is 0.360 e. The van der Waals surface area contributed by atoms with Crippen molar-refractivity contribution in [2.24, 2.45) is 0 Å². The van der Waals surface area contributed by atoms with Crippen molar-refractivity contribution in [3.63, 3.8) is 0 Å². The number of fused-ring (bicyclic) bond motifs is 7. The summed E-state index contributed by atoms with van der Waals surface area (Å²) >= 11 is 3.50. The Hall–Kier alpha value is -0.290. The van der Waals surface area contributed by atoms with Gasteiger partial charge in [0, 0.05) is 0 Å². The molecule has 2 aliphatic carbocycles. The fourth-order valence-electron chi connectivity index (χ4n) is 3.40. The highest BCUT2D eigenvalue weighted by Gasteiger charge is 2.76. The van der Waals surface area contributed by atoms with Crippen LogP contribution in [0.15, 0.2) is 29.8 Å². The van der Waals surface area contributed by atoms with Gasteiger partial charge in [-0.1, -0.05) is 24.3 Å². The minimum atomic E-state index is -0.120. The maximum Gasteiger partial charge on any atom is 0.183 e. The van der Waals surface area contributed by atoms with E-state index in [1.165, 1.54) is 22.3 Å². The molecular formula is C13H9BrO2S. The number of ether oxygens (including phenoxy) is 2. The molecule has 0 bridgehead atoms. The fraction of sp³-hybridized carbons (Fsp3) is 0.385. The van der Waals surface area contributed by atoms with Crippen molar-refractivity contribution in [3.05, 3.63) is 41.0 Å². The van der Waals surface area contributed by atoms with Crippen LogP contribution in [0, 0.1) is 0 Å². The SMILES string of the molecule is BrSC12OC1C1=C(c3ccccc3C1)C1OC12. The normalized spacial score (nSPS) is 43.7. The third-order valence-electron chi connectivity index (χ3n) is 4.25. The van der Waals surface area contributed by atoms with Crippen LogP contribution < -0.4 is 0 Å². The zero-order chi connectivity index (χ0) is 11.2. The van der Waals surface area contributed by atoms with Crippen LogP contribution in [-0.4, -0.2) is 23.2 Å². The molecule has 0 saturated carbocycles. The number of benzene rings is 1. The Morgan fingerprint density at radius 3 is 3.12 bits per heavy atom. The first kappa shape index (κ1) is 9.62. The van der Waals surface area contributed by atoms with E-state index in [1.807, 2.05) is 0 Å². The standard InChI is InChI=1S/C13H9BrO2S/c14-17-13-11(16-13)8-5-6-3-1-2-4-7(6)9(8)10-12(13)15-10/h1-4,10-12H,5H2. The van der Waals surface area contributed by atoms with Gasteiger partial charge in [0.1, 0.15) is 18.3 Å². The molecule has 4 atom stereocenters. The smallest absolute Gasteiger partial charge is 0.183 e. The highest BCUT2D eigenvalue weighted by atomic mass is 79.9. The van der Waals surface area contributed by atoms with Gasteiger partial charge >= 0.3 is 0 Å². The number of rotatable bonds is 1. The Balaban J connectivity index is 1.70. The molecule has 2 saturated heterocycles. The summed E-state index contributed by atoms with van der Waals surface area (Å²) in [5, 5.41) is 0. The number of hydrogen-bond donors (Lipinski definition) is 0. The van der Waals surface area contributed by atoms with Gasteiger partial charge in [-0.3, -0.25) is 0 Å². The summed E-state index contributed by atoms with van der Waals surface area (Å²) in [4.78, 5) is -0.120.